The molecule has 0 aliphatic heterocycles. The number of benzene rings is 1. The number of hydrogen-bond acceptors (Lipinski definition) is 4. The molecule has 5 heteroatoms. The van der Waals surface area contributed by atoms with Gasteiger partial charge in [-0.3, -0.25) is 4.79 Å². The molecule has 1 aromatic rings. The van der Waals surface area contributed by atoms with Crippen LogP contribution in [0.2, 0.25) is 0 Å². The summed E-state index contributed by atoms with van der Waals surface area (Å²) in [4.78, 5) is 10.4. The van der Waals surface area contributed by atoms with E-state index in [0.717, 1.165) is 0 Å². The molecular weight excluding hydrogens is 210 g/mol. The van der Waals surface area contributed by atoms with Gasteiger partial charge < -0.3 is 20.3 Å². The van der Waals surface area contributed by atoms with Crippen LogP contribution < -0.4 is 15.2 Å². The van der Waals surface area contributed by atoms with Crippen LogP contribution in [0, 0.1) is 0 Å². The molecular formula is C11H15NO4. The maximum Gasteiger partial charge on any atom is 0.320 e. The van der Waals surface area contributed by atoms with E-state index in [-0.39, 0.29) is 13.0 Å². The van der Waals surface area contributed by atoms with Crippen LogP contribution in [-0.4, -0.2) is 30.8 Å². The van der Waals surface area contributed by atoms with Crippen molar-refractivity contribution in [1.29, 1.82) is 0 Å². The van der Waals surface area contributed by atoms with Crippen LogP contribution >= 0.6 is 0 Å². The lowest BCUT2D eigenvalue weighted by Gasteiger charge is -2.09. The van der Waals surface area contributed by atoms with E-state index in [1.54, 1.807) is 31.4 Å². The largest absolute Gasteiger partial charge is 0.497 e. The SMILES string of the molecule is COc1cccc(OCCC(N)C(=O)O)c1. The molecule has 0 radical (unpaired) electrons. The zero-order valence-electron chi connectivity index (χ0n) is 9.05. The number of nitrogens with two attached hydrogens (primary N) is 1. The fraction of sp³-hybridized carbons (Fsp3) is 0.364. The monoisotopic (exact) mass is 225 g/mol. The predicted octanol–water partition coefficient (Wildman–Crippen LogP) is 0.876. The standard InChI is InChI=1S/C11H15NO4/c1-15-8-3-2-4-9(7-8)16-6-5-10(12)11(13)14/h2-4,7,10H,5-6,12H2,1H3,(H,13,14). The molecule has 0 saturated heterocycles. The molecule has 5 nitrogen and oxygen atoms in total. The number of ether oxygens (including phenoxy) is 2. The molecule has 0 bridgehead atoms. The Morgan fingerprint density at radius 2 is 2.19 bits per heavy atom. The van der Waals surface area contributed by atoms with Gasteiger partial charge in [0, 0.05) is 12.5 Å². The molecule has 3 N–H and O–H groups in total. The van der Waals surface area contributed by atoms with E-state index in [1.165, 1.54) is 0 Å². The summed E-state index contributed by atoms with van der Waals surface area (Å²) >= 11 is 0. The quantitative estimate of drug-likeness (QED) is 0.750. The Morgan fingerprint density at radius 1 is 1.50 bits per heavy atom. The second-order valence-corrected chi connectivity index (χ2v) is 3.26. The highest BCUT2D eigenvalue weighted by atomic mass is 16.5. The molecule has 1 rings (SSSR count). The van der Waals surface area contributed by atoms with Crippen molar-refractivity contribution in [3.8, 4) is 11.5 Å². The maximum absolute atomic E-state index is 10.4. The van der Waals surface area contributed by atoms with Gasteiger partial charge in [-0.15, -0.1) is 0 Å². The van der Waals surface area contributed by atoms with Crippen LogP contribution in [0.1, 0.15) is 6.42 Å². The number of carboxylic acid groups (broad SMARTS) is 1. The minimum Gasteiger partial charge on any atom is -0.497 e. The molecule has 88 valence electrons. The Kier molecular flexibility index (Phi) is 4.60. The second-order valence-electron chi connectivity index (χ2n) is 3.26. The Balaban J connectivity index is 2.39. The molecule has 0 amide bonds. The van der Waals surface area contributed by atoms with Gasteiger partial charge in [-0.1, -0.05) is 6.07 Å². The van der Waals surface area contributed by atoms with Crippen molar-refractivity contribution in [2.24, 2.45) is 5.73 Å². The highest BCUT2D eigenvalue weighted by Crippen LogP contribution is 2.18. The first-order valence-corrected chi connectivity index (χ1v) is 4.88. The first-order chi connectivity index (χ1) is 7.63. The van der Waals surface area contributed by atoms with Crippen LogP contribution in [0.4, 0.5) is 0 Å². The van der Waals surface area contributed by atoms with E-state index in [1.807, 2.05) is 0 Å². The average Bonchev–Trinajstić information content (AvgIpc) is 2.29. The van der Waals surface area contributed by atoms with Gasteiger partial charge >= 0.3 is 5.97 Å². The lowest BCUT2D eigenvalue weighted by molar-refractivity contribution is -0.138. The van der Waals surface area contributed by atoms with Crippen molar-refractivity contribution >= 4 is 5.97 Å². The van der Waals surface area contributed by atoms with Gasteiger partial charge in [0.15, 0.2) is 0 Å². The predicted molar refractivity (Wildman–Crippen MR) is 58.7 cm³/mol. The van der Waals surface area contributed by atoms with Gasteiger partial charge in [0.05, 0.1) is 13.7 Å². The maximum atomic E-state index is 10.4. The number of carbonyl (C=O) groups is 1. The summed E-state index contributed by atoms with van der Waals surface area (Å²) in [5.74, 6) is 0.311. The minimum absolute atomic E-state index is 0.265. The number of carboxylic acids is 1. The van der Waals surface area contributed by atoms with Crippen LogP contribution in [0.3, 0.4) is 0 Å². The van der Waals surface area contributed by atoms with E-state index in [2.05, 4.69) is 0 Å². The molecule has 0 aliphatic carbocycles. The smallest absolute Gasteiger partial charge is 0.320 e. The van der Waals surface area contributed by atoms with E-state index in [0.29, 0.717) is 11.5 Å². The summed E-state index contributed by atoms with van der Waals surface area (Å²) in [6.45, 7) is 0.265. The summed E-state index contributed by atoms with van der Waals surface area (Å²) < 4.78 is 10.4. The van der Waals surface area contributed by atoms with Crippen LogP contribution in [0.15, 0.2) is 24.3 Å². The van der Waals surface area contributed by atoms with Gasteiger partial charge in [-0.05, 0) is 12.1 Å². The summed E-state index contributed by atoms with van der Waals surface area (Å²) in [7, 11) is 1.57. The molecule has 0 fully saturated rings. The third-order valence-corrected chi connectivity index (χ3v) is 2.06. The molecule has 0 aromatic heterocycles. The van der Waals surface area contributed by atoms with Crippen molar-refractivity contribution < 1.29 is 19.4 Å². The Hall–Kier alpha value is -1.75. The van der Waals surface area contributed by atoms with Crippen LogP contribution in [0.25, 0.3) is 0 Å². The highest BCUT2D eigenvalue weighted by molar-refractivity contribution is 5.72. The minimum atomic E-state index is -1.02. The van der Waals surface area contributed by atoms with Crippen LogP contribution in [0.5, 0.6) is 11.5 Å². The van der Waals surface area contributed by atoms with Gasteiger partial charge in [0.2, 0.25) is 0 Å². The van der Waals surface area contributed by atoms with Crippen molar-refractivity contribution in [1.82, 2.24) is 0 Å². The molecule has 0 heterocycles. The zero-order chi connectivity index (χ0) is 12.0. The number of rotatable bonds is 6. The Labute approximate surface area is 93.8 Å². The fourth-order valence-electron chi connectivity index (χ4n) is 1.12. The molecule has 0 spiro atoms. The third-order valence-electron chi connectivity index (χ3n) is 2.06. The number of hydrogen-bond donors (Lipinski definition) is 2. The van der Waals surface area contributed by atoms with Gasteiger partial charge in [-0.2, -0.15) is 0 Å². The van der Waals surface area contributed by atoms with E-state index in [9.17, 15) is 4.79 Å². The van der Waals surface area contributed by atoms with Gasteiger partial charge in [0.1, 0.15) is 17.5 Å². The summed E-state index contributed by atoms with van der Waals surface area (Å²) in [5, 5.41) is 8.56. The van der Waals surface area contributed by atoms with E-state index >= 15 is 0 Å². The summed E-state index contributed by atoms with van der Waals surface area (Å²) in [5.41, 5.74) is 5.33. The number of methoxy groups -OCH3 is 1. The topological polar surface area (TPSA) is 81.8 Å². The molecule has 0 aliphatic rings. The van der Waals surface area contributed by atoms with Crippen molar-refractivity contribution in [2.45, 2.75) is 12.5 Å². The lowest BCUT2D eigenvalue weighted by atomic mass is 10.2. The summed E-state index contributed by atoms with van der Waals surface area (Å²) in [6, 6.07) is 6.22. The van der Waals surface area contributed by atoms with Gasteiger partial charge in [-0.25, -0.2) is 0 Å². The number of aliphatic carboxylic acids is 1. The zero-order valence-corrected chi connectivity index (χ0v) is 9.05. The van der Waals surface area contributed by atoms with E-state index < -0.39 is 12.0 Å². The lowest BCUT2D eigenvalue weighted by Crippen LogP contribution is -2.31. The molecule has 1 aromatic carbocycles. The third kappa shape index (κ3) is 3.78. The first kappa shape index (κ1) is 12.3. The second kappa shape index (κ2) is 5.97. The van der Waals surface area contributed by atoms with E-state index in [4.69, 9.17) is 20.3 Å². The highest BCUT2D eigenvalue weighted by Gasteiger charge is 2.10. The normalized spacial score (nSPS) is 11.9. The first-order valence-electron chi connectivity index (χ1n) is 4.88. The van der Waals surface area contributed by atoms with Gasteiger partial charge in [0.25, 0.3) is 0 Å². The molecule has 16 heavy (non-hydrogen) atoms. The van der Waals surface area contributed by atoms with Crippen molar-refractivity contribution in [3.63, 3.8) is 0 Å². The van der Waals surface area contributed by atoms with Crippen LogP contribution in [-0.2, 0) is 4.79 Å². The Morgan fingerprint density at radius 3 is 2.81 bits per heavy atom. The fourth-order valence-corrected chi connectivity index (χ4v) is 1.12. The average molecular weight is 225 g/mol. The van der Waals surface area contributed by atoms with Crippen molar-refractivity contribution in [3.05, 3.63) is 24.3 Å². The van der Waals surface area contributed by atoms with Crippen molar-refractivity contribution in [2.75, 3.05) is 13.7 Å². The Bertz CT molecular complexity index is 354. The molecule has 1 atom stereocenters. The molecule has 0 saturated carbocycles. The summed E-state index contributed by atoms with van der Waals surface area (Å²) in [6.07, 6.45) is 0.270. The molecule has 1 unspecified atom stereocenters.